The second-order valence-electron chi connectivity index (χ2n) is 5.45. The molecule has 0 amide bonds. The number of likely N-dealkylation sites (tertiary alicyclic amines) is 1. The maximum Gasteiger partial charge on any atom is 0.0446 e. The van der Waals surface area contributed by atoms with Gasteiger partial charge in [-0.1, -0.05) is 27.7 Å². The lowest BCUT2D eigenvalue weighted by Gasteiger charge is -2.48. The fourth-order valence-electron chi connectivity index (χ4n) is 2.29. The van der Waals surface area contributed by atoms with Gasteiger partial charge in [0.15, 0.2) is 0 Å². The molecule has 1 aliphatic rings. The van der Waals surface area contributed by atoms with Crippen LogP contribution < -0.4 is 0 Å². The van der Waals surface area contributed by atoms with Gasteiger partial charge in [-0.25, -0.2) is 0 Å². The molecule has 0 saturated carbocycles. The van der Waals surface area contributed by atoms with Gasteiger partial charge in [0.1, 0.15) is 0 Å². The molecular formula is C11H23NO. The highest BCUT2D eigenvalue weighted by atomic mass is 16.3. The Morgan fingerprint density at radius 2 is 1.92 bits per heavy atom. The molecule has 0 bridgehead atoms. The Balaban J connectivity index is 2.48. The van der Waals surface area contributed by atoms with E-state index in [1.807, 2.05) is 0 Å². The molecule has 1 heterocycles. The summed E-state index contributed by atoms with van der Waals surface area (Å²) < 4.78 is 0. The minimum absolute atomic E-state index is 0.295. The molecule has 2 heteroatoms. The molecule has 1 rings (SSSR count). The van der Waals surface area contributed by atoms with Crippen molar-refractivity contribution in [1.82, 2.24) is 4.90 Å². The number of nitrogens with zero attached hydrogens (tertiary/aromatic N) is 1. The first-order valence-electron chi connectivity index (χ1n) is 5.30. The van der Waals surface area contributed by atoms with Crippen LogP contribution in [0.3, 0.4) is 0 Å². The Morgan fingerprint density at radius 1 is 1.38 bits per heavy atom. The minimum Gasteiger partial charge on any atom is -0.396 e. The van der Waals surface area contributed by atoms with Crippen LogP contribution in [-0.2, 0) is 0 Å². The first kappa shape index (κ1) is 11.0. The van der Waals surface area contributed by atoms with Crippen molar-refractivity contribution in [2.24, 2.45) is 11.3 Å². The molecule has 0 aromatic carbocycles. The summed E-state index contributed by atoms with van der Waals surface area (Å²) >= 11 is 0. The van der Waals surface area contributed by atoms with Crippen molar-refractivity contribution in [2.45, 2.75) is 40.2 Å². The van der Waals surface area contributed by atoms with Crippen LogP contribution in [0.15, 0.2) is 0 Å². The van der Waals surface area contributed by atoms with Crippen LogP contribution >= 0.6 is 0 Å². The largest absolute Gasteiger partial charge is 0.396 e. The second kappa shape index (κ2) is 3.97. The van der Waals surface area contributed by atoms with E-state index in [4.69, 9.17) is 5.11 Å². The Kier molecular flexibility index (Phi) is 3.36. The maximum absolute atomic E-state index is 9.01. The summed E-state index contributed by atoms with van der Waals surface area (Å²) in [5, 5.41) is 9.01. The third kappa shape index (κ3) is 2.68. The molecule has 1 unspecified atom stereocenters. The number of rotatable bonds is 3. The molecule has 1 saturated heterocycles. The number of aliphatic hydroxyl groups is 1. The van der Waals surface area contributed by atoms with Gasteiger partial charge in [-0.2, -0.15) is 0 Å². The average molecular weight is 185 g/mol. The fraction of sp³-hybridized carbons (Fsp3) is 1.00. The maximum atomic E-state index is 9.01. The summed E-state index contributed by atoms with van der Waals surface area (Å²) in [6.45, 7) is 11.8. The van der Waals surface area contributed by atoms with Crippen molar-refractivity contribution < 1.29 is 5.11 Å². The van der Waals surface area contributed by atoms with E-state index >= 15 is 0 Å². The number of hydrogen-bond donors (Lipinski definition) is 1. The van der Waals surface area contributed by atoms with E-state index in [0.29, 0.717) is 18.1 Å². The van der Waals surface area contributed by atoms with Crippen LogP contribution in [-0.4, -0.2) is 35.7 Å². The molecule has 0 aliphatic carbocycles. The summed E-state index contributed by atoms with van der Waals surface area (Å²) in [4.78, 5) is 2.50. The Labute approximate surface area is 81.9 Å². The molecule has 1 fully saturated rings. The number of aliphatic hydroxyl groups excluding tert-OH is 1. The molecule has 1 atom stereocenters. The van der Waals surface area contributed by atoms with E-state index in [2.05, 4.69) is 32.6 Å². The molecule has 0 aromatic heterocycles. The van der Waals surface area contributed by atoms with E-state index in [1.54, 1.807) is 0 Å². The average Bonchev–Trinajstić information content (AvgIpc) is 1.92. The van der Waals surface area contributed by atoms with Gasteiger partial charge in [0, 0.05) is 25.7 Å². The number of hydrogen-bond acceptors (Lipinski definition) is 2. The minimum atomic E-state index is 0.295. The molecule has 78 valence electrons. The smallest absolute Gasteiger partial charge is 0.0446 e. The topological polar surface area (TPSA) is 23.5 Å². The van der Waals surface area contributed by atoms with Gasteiger partial charge in [0.2, 0.25) is 0 Å². The normalized spacial score (nSPS) is 22.8. The van der Waals surface area contributed by atoms with Crippen molar-refractivity contribution in [1.29, 1.82) is 0 Å². The zero-order valence-corrected chi connectivity index (χ0v) is 9.38. The lowest BCUT2D eigenvalue weighted by molar-refractivity contribution is -0.00324. The van der Waals surface area contributed by atoms with Gasteiger partial charge in [-0.15, -0.1) is 0 Å². The van der Waals surface area contributed by atoms with E-state index in [-0.39, 0.29) is 0 Å². The van der Waals surface area contributed by atoms with Gasteiger partial charge in [-0.3, -0.25) is 4.90 Å². The van der Waals surface area contributed by atoms with Gasteiger partial charge in [-0.05, 0) is 17.8 Å². The molecular weight excluding hydrogens is 162 g/mol. The predicted octanol–water partition coefficient (Wildman–Crippen LogP) is 1.74. The fourth-order valence-corrected chi connectivity index (χ4v) is 2.29. The standard InChI is InChI=1S/C11H23NO/c1-9-7-12(8-9)10(5-6-13)11(2,3)4/h9-10,13H,5-8H2,1-4H3. The monoisotopic (exact) mass is 185 g/mol. The SMILES string of the molecule is CC1CN(C(CCO)C(C)(C)C)C1. The summed E-state index contributed by atoms with van der Waals surface area (Å²) in [5.41, 5.74) is 0.295. The van der Waals surface area contributed by atoms with Gasteiger partial charge >= 0.3 is 0 Å². The van der Waals surface area contributed by atoms with Crippen molar-refractivity contribution >= 4 is 0 Å². The third-order valence-electron chi connectivity index (χ3n) is 2.94. The molecule has 0 spiro atoms. The summed E-state index contributed by atoms with van der Waals surface area (Å²) in [6.07, 6.45) is 0.913. The van der Waals surface area contributed by atoms with Crippen molar-refractivity contribution in [3.63, 3.8) is 0 Å². The Morgan fingerprint density at radius 3 is 2.23 bits per heavy atom. The van der Waals surface area contributed by atoms with Crippen LogP contribution in [0.25, 0.3) is 0 Å². The summed E-state index contributed by atoms with van der Waals surface area (Å²) in [5.74, 6) is 0.851. The Hall–Kier alpha value is -0.0800. The molecule has 2 nitrogen and oxygen atoms in total. The quantitative estimate of drug-likeness (QED) is 0.724. The van der Waals surface area contributed by atoms with Crippen molar-refractivity contribution in [3.05, 3.63) is 0 Å². The van der Waals surface area contributed by atoms with E-state index in [0.717, 1.165) is 12.3 Å². The lowest BCUT2D eigenvalue weighted by atomic mass is 9.81. The zero-order valence-electron chi connectivity index (χ0n) is 9.38. The van der Waals surface area contributed by atoms with Crippen LogP contribution in [0.1, 0.15) is 34.1 Å². The van der Waals surface area contributed by atoms with Crippen LogP contribution in [0.5, 0.6) is 0 Å². The first-order valence-corrected chi connectivity index (χ1v) is 5.30. The molecule has 0 radical (unpaired) electrons. The lowest BCUT2D eigenvalue weighted by Crippen LogP contribution is -2.55. The molecule has 1 aliphatic heterocycles. The van der Waals surface area contributed by atoms with Crippen molar-refractivity contribution in [2.75, 3.05) is 19.7 Å². The van der Waals surface area contributed by atoms with E-state index < -0.39 is 0 Å². The molecule has 1 N–H and O–H groups in total. The van der Waals surface area contributed by atoms with Gasteiger partial charge in [0.05, 0.1) is 0 Å². The zero-order chi connectivity index (χ0) is 10.1. The summed E-state index contributed by atoms with van der Waals surface area (Å²) in [7, 11) is 0. The van der Waals surface area contributed by atoms with Crippen LogP contribution in [0.2, 0.25) is 0 Å². The molecule has 13 heavy (non-hydrogen) atoms. The van der Waals surface area contributed by atoms with E-state index in [9.17, 15) is 0 Å². The predicted molar refractivity (Wildman–Crippen MR) is 55.7 cm³/mol. The van der Waals surface area contributed by atoms with Gasteiger partial charge in [0.25, 0.3) is 0 Å². The summed E-state index contributed by atoms with van der Waals surface area (Å²) in [6, 6.07) is 0.550. The van der Waals surface area contributed by atoms with Crippen LogP contribution in [0.4, 0.5) is 0 Å². The first-order chi connectivity index (χ1) is 5.95. The van der Waals surface area contributed by atoms with Crippen molar-refractivity contribution in [3.8, 4) is 0 Å². The van der Waals surface area contributed by atoms with Gasteiger partial charge < -0.3 is 5.11 Å². The highest BCUT2D eigenvalue weighted by Crippen LogP contribution is 2.31. The third-order valence-corrected chi connectivity index (χ3v) is 2.94. The highest BCUT2D eigenvalue weighted by molar-refractivity contribution is 4.89. The second-order valence-corrected chi connectivity index (χ2v) is 5.45. The van der Waals surface area contributed by atoms with E-state index in [1.165, 1.54) is 13.1 Å². The highest BCUT2D eigenvalue weighted by Gasteiger charge is 2.35. The molecule has 0 aromatic rings. The van der Waals surface area contributed by atoms with Crippen LogP contribution in [0, 0.1) is 11.3 Å². The Bertz CT molecular complexity index is 156.